The minimum atomic E-state index is -1.36. The number of aliphatic hydroxyl groups is 1. The predicted octanol–water partition coefficient (Wildman–Crippen LogP) is 5.36. The number of rotatable bonds is 9. The monoisotopic (exact) mass is 655 g/mol. The normalized spacial score (nSPS) is 25.2. The molecule has 1 N–H and O–H groups in total. The average Bonchev–Trinajstić information content (AvgIpc) is 3.84. The molecule has 0 saturated carbocycles. The van der Waals surface area contributed by atoms with Gasteiger partial charge in [0.25, 0.3) is 5.91 Å². The van der Waals surface area contributed by atoms with E-state index in [0.717, 1.165) is 22.6 Å². The first kappa shape index (κ1) is 32.0. The number of benzene rings is 3. The van der Waals surface area contributed by atoms with Gasteiger partial charge in [0, 0.05) is 35.4 Å². The van der Waals surface area contributed by atoms with Gasteiger partial charge in [-0.15, -0.1) is 0 Å². The molecule has 3 aromatic carbocycles. The highest BCUT2D eigenvalue weighted by Gasteiger charge is 2.66. The summed E-state index contributed by atoms with van der Waals surface area (Å²) < 4.78 is 22.7. The molecular weight excluding hydrogens is 614 g/mol. The number of nitrogens with zero attached hydrogens (tertiary/aromatic N) is 3. The molecule has 4 atom stereocenters. The molecule has 0 radical (unpaired) electrons. The van der Waals surface area contributed by atoms with Crippen LogP contribution >= 0.6 is 0 Å². The van der Waals surface area contributed by atoms with E-state index in [4.69, 9.17) is 18.9 Å². The van der Waals surface area contributed by atoms with Crippen molar-refractivity contribution in [2.24, 2.45) is 11.8 Å². The highest BCUT2D eigenvalue weighted by atomic mass is 16.6. The molecule has 4 aliphatic heterocycles. The van der Waals surface area contributed by atoms with Gasteiger partial charge in [-0.2, -0.15) is 0 Å². The Balaban J connectivity index is 1.29. The number of fused-ring (bicyclic) bond motifs is 2. The second-order valence-electron chi connectivity index (χ2n) is 13.5. The van der Waals surface area contributed by atoms with Crippen LogP contribution in [-0.2, 0) is 36.6 Å². The molecule has 7 rings (SSSR count). The largest absolute Gasteiger partial charge is 0.497 e. The third-order valence-electron chi connectivity index (χ3n) is 10.7. The van der Waals surface area contributed by atoms with Crippen LogP contribution in [0, 0.1) is 11.8 Å². The first-order valence-electron chi connectivity index (χ1n) is 16.5. The van der Waals surface area contributed by atoms with Gasteiger partial charge < -0.3 is 29.0 Å². The van der Waals surface area contributed by atoms with E-state index in [9.17, 15) is 14.7 Å². The van der Waals surface area contributed by atoms with E-state index >= 15 is 4.79 Å². The van der Waals surface area contributed by atoms with Crippen LogP contribution in [0.5, 0.6) is 5.75 Å². The Labute approximate surface area is 279 Å². The van der Waals surface area contributed by atoms with E-state index in [1.165, 1.54) is 0 Å². The van der Waals surface area contributed by atoms with Crippen molar-refractivity contribution in [2.45, 2.75) is 50.9 Å². The molecule has 3 aromatic rings. The Bertz CT molecular complexity index is 1730. The van der Waals surface area contributed by atoms with E-state index in [-0.39, 0.29) is 37.0 Å². The van der Waals surface area contributed by atoms with E-state index in [2.05, 4.69) is 20.8 Å². The summed E-state index contributed by atoms with van der Waals surface area (Å²) in [5.74, 6) is 0.0984. The summed E-state index contributed by atoms with van der Waals surface area (Å²) in [7, 11) is 1.64. The van der Waals surface area contributed by atoms with E-state index in [0.29, 0.717) is 49.7 Å². The van der Waals surface area contributed by atoms with Crippen LogP contribution in [0.3, 0.4) is 0 Å². The Morgan fingerprint density at radius 3 is 2.10 bits per heavy atom. The fraction of sp³-hybridized carbons (Fsp3) is 0.432. The van der Waals surface area contributed by atoms with Crippen LogP contribution in [-0.4, -0.2) is 69.3 Å². The Morgan fingerprint density at radius 1 is 0.896 bits per heavy atom. The topological polar surface area (TPSA) is 118 Å². The fourth-order valence-electron chi connectivity index (χ4n) is 8.24. The number of carbonyl (C=O) groups is 3. The highest BCUT2D eigenvalue weighted by molar-refractivity contribution is 6.08. The molecule has 3 fully saturated rings. The van der Waals surface area contributed by atoms with E-state index in [1.54, 1.807) is 21.8 Å². The molecule has 4 heterocycles. The van der Waals surface area contributed by atoms with Crippen LogP contribution in [0.1, 0.15) is 43.9 Å². The number of methoxy groups -OCH3 is 1. The van der Waals surface area contributed by atoms with Gasteiger partial charge in [-0.3, -0.25) is 14.6 Å². The lowest BCUT2D eigenvalue weighted by Gasteiger charge is -2.38. The molecule has 0 aromatic heterocycles. The number of cyclic esters (lactones) is 2. The lowest BCUT2D eigenvalue weighted by atomic mass is 9.63. The quantitative estimate of drug-likeness (QED) is 0.328. The van der Waals surface area contributed by atoms with Gasteiger partial charge in [-0.25, -0.2) is 9.59 Å². The van der Waals surface area contributed by atoms with Crippen molar-refractivity contribution < 1.29 is 38.4 Å². The van der Waals surface area contributed by atoms with Gasteiger partial charge >= 0.3 is 12.2 Å². The molecule has 0 aliphatic carbocycles. The summed E-state index contributed by atoms with van der Waals surface area (Å²) in [6.45, 7) is 8.12. The number of ether oxygens (including phenoxy) is 4. The zero-order chi connectivity index (χ0) is 33.8. The smallest absolute Gasteiger partial charge is 0.414 e. The lowest BCUT2D eigenvalue weighted by molar-refractivity contribution is -0.146. The molecule has 3 saturated heterocycles. The maximum absolute atomic E-state index is 15.0. The molecular formula is C37H41N3O8. The molecule has 48 heavy (non-hydrogen) atoms. The summed E-state index contributed by atoms with van der Waals surface area (Å²) in [5, 5.41) is 10.2. The van der Waals surface area contributed by atoms with Crippen molar-refractivity contribution in [1.82, 2.24) is 0 Å². The van der Waals surface area contributed by atoms with Gasteiger partial charge in [-0.05, 0) is 65.4 Å². The maximum Gasteiger partial charge on any atom is 0.414 e. The zero-order valence-electron chi connectivity index (χ0n) is 27.7. The lowest BCUT2D eigenvalue weighted by Crippen LogP contribution is -2.45. The van der Waals surface area contributed by atoms with Crippen molar-refractivity contribution in [3.63, 3.8) is 0 Å². The second-order valence-corrected chi connectivity index (χ2v) is 13.5. The van der Waals surface area contributed by atoms with Crippen molar-refractivity contribution in [1.29, 1.82) is 0 Å². The minimum Gasteiger partial charge on any atom is -0.497 e. The zero-order valence-corrected chi connectivity index (χ0v) is 27.7. The van der Waals surface area contributed by atoms with Crippen LogP contribution in [0.2, 0.25) is 0 Å². The minimum absolute atomic E-state index is 0.0933. The molecule has 4 aliphatic rings. The van der Waals surface area contributed by atoms with Crippen LogP contribution < -0.4 is 19.4 Å². The van der Waals surface area contributed by atoms with Crippen molar-refractivity contribution in [3.05, 3.63) is 83.4 Å². The number of carbonyl (C=O) groups excluding carboxylic acids is 3. The number of amides is 3. The van der Waals surface area contributed by atoms with Crippen LogP contribution in [0.15, 0.2) is 66.7 Å². The molecule has 0 unspecified atom stereocenters. The van der Waals surface area contributed by atoms with Crippen molar-refractivity contribution >= 4 is 35.2 Å². The van der Waals surface area contributed by atoms with Crippen molar-refractivity contribution in [3.8, 4) is 5.75 Å². The summed E-state index contributed by atoms with van der Waals surface area (Å²) >= 11 is 0. The summed E-state index contributed by atoms with van der Waals surface area (Å²) in [4.78, 5) is 44.6. The van der Waals surface area contributed by atoms with Gasteiger partial charge in [0.1, 0.15) is 19.0 Å². The molecule has 11 heteroatoms. The van der Waals surface area contributed by atoms with Gasteiger partial charge in [0.2, 0.25) is 0 Å². The summed E-state index contributed by atoms with van der Waals surface area (Å²) in [6.07, 6.45) is -0.872. The number of hydrogen-bond donors (Lipinski definition) is 1. The molecule has 11 nitrogen and oxygen atoms in total. The third kappa shape index (κ3) is 4.98. The summed E-state index contributed by atoms with van der Waals surface area (Å²) in [5.41, 5.74) is 2.92. The van der Waals surface area contributed by atoms with Gasteiger partial charge in [0.15, 0.2) is 5.60 Å². The van der Waals surface area contributed by atoms with Crippen LogP contribution in [0.4, 0.5) is 26.7 Å². The average molecular weight is 656 g/mol. The number of anilines is 3. The number of hydrogen-bond acceptors (Lipinski definition) is 8. The molecule has 1 spiro atoms. The third-order valence-corrected chi connectivity index (χ3v) is 10.7. The first-order chi connectivity index (χ1) is 23.1. The van der Waals surface area contributed by atoms with Gasteiger partial charge in [-0.1, -0.05) is 45.0 Å². The predicted molar refractivity (Wildman–Crippen MR) is 178 cm³/mol. The highest BCUT2D eigenvalue weighted by Crippen LogP contribution is 2.60. The summed E-state index contributed by atoms with van der Waals surface area (Å²) in [6, 6.07) is 21.1. The fourth-order valence-corrected chi connectivity index (χ4v) is 8.24. The number of aliphatic hydroxyl groups excluding tert-OH is 1. The Kier molecular flexibility index (Phi) is 8.07. The van der Waals surface area contributed by atoms with Crippen molar-refractivity contribution in [2.75, 3.05) is 54.7 Å². The Hall–Kier alpha value is -4.61. The molecule has 0 bridgehead atoms. The first-order valence-corrected chi connectivity index (χ1v) is 16.5. The Morgan fingerprint density at radius 2 is 1.52 bits per heavy atom. The van der Waals surface area contributed by atoms with Gasteiger partial charge in [0.05, 0.1) is 38.5 Å². The molecule has 3 amide bonds. The SMILES string of the molecule is COc1ccc(C(C)(C)[C@H]2[C@H](CCO)O[C@@]3(C(=O)N(Cc4ccc(N5CCOC5=O)cc4)c4ccc(N5CCOC5=O)cc43)[C@@H]2C)cc1. The van der Waals surface area contributed by atoms with E-state index in [1.807, 2.05) is 66.7 Å². The second kappa shape index (κ2) is 12.1. The molecule has 252 valence electrons. The standard InChI is InChI=1S/C37H41N3O8/c1-23-32(36(2,3)25-7-12-28(45-4)13-8-25)31(15-18-41)48-37(23)29-21-27(39-17-20-47-35(39)44)11-14-30(29)40(33(37)42)22-24-5-9-26(10-6-24)38-16-19-46-34(38)43/h5-14,21,23,31-32,41H,15-20,22H2,1-4H3/t23-,31+,32-,37+/m1/s1. The van der Waals surface area contributed by atoms with E-state index < -0.39 is 23.2 Å². The van der Waals surface area contributed by atoms with Crippen LogP contribution in [0.25, 0.3) is 0 Å². The maximum atomic E-state index is 15.0.